The monoisotopic (exact) mass is 382 g/mol. The minimum atomic E-state index is -0.0328. The van der Waals surface area contributed by atoms with Gasteiger partial charge in [-0.15, -0.1) is 0 Å². The molecule has 2 fully saturated rings. The summed E-state index contributed by atoms with van der Waals surface area (Å²) in [5.41, 5.74) is 0.839. The van der Waals surface area contributed by atoms with Crippen molar-refractivity contribution in [2.24, 2.45) is 0 Å². The van der Waals surface area contributed by atoms with Crippen LogP contribution < -0.4 is 0 Å². The Balaban J connectivity index is 1.71. The van der Waals surface area contributed by atoms with Crippen LogP contribution in [0.15, 0.2) is 18.2 Å². The van der Waals surface area contributed by atoms with E-state index in [4.69, 9.17) is 23.2 Å². The van der Waals surface area contributed by atoms with Crippen LogP contribution in [0.1, 0.15) is 37.7 Å². The van der Waals surface area contributed by atoms with Crippen molar-refractivity contribution in [2.45, 2.75) is 50.6 Å². The van der Waals surface area contributed by atoms with E-state index < -0.39 is 0 Å². The van der Waals surface area contributed by atoms with Crippen molar-refractivity contribution >= 4 is 34.9 Å². The first-order valence-corrected chi connectivity index (χ1v) is 9.66. The van der Waals surface area contributed by atoms with Gasteiger partial charge < -0.3 is 4.90 Å². The third-order valence-corrected chi connectivity index (χ3v) is 6.18. The Morgan fingerprint density at radius 3 is 2.64 bits per heavy atom. The lowest BCUT2D eigenvalue weighted by Crippen LogP contribution is -2.55. The number of halogens is 2. The molecule has 0 N–H and O–H groups in total. The summed E-state index contributed by atoms with van der Waals surface area (Å²) >= 11 is 12.0. The fraction of sp³-hybridized carbons (Fsp3) is 0.579. The van der Waals surface area contributed by atoms with Crippen LogP contribution in [0.5, 0.6) is 0 Å². The summed E-state index contributed by atoms with van der Waals surface area (Å²) in [7, 11) is 1.83. The van der Waals surface area contributed by atoms with E-state index in [-0.39, 0.29) is 24.2 Å². The first-order chi connectivity index (χ1) is 12.0. The Kier molecular flexibility index (Phi) is 6.03. The number of hydrogen-bond acceptors (Lipinski definition) is 3. The molecular formula is C19H24Cl2N2O2. The second-order valence-corrected chi connectivity index (χ2v) is 7.90. The molecule has 0 radical (unpaired) electrons. The molecule has 1 aliphatic carbocycles. The van der Waals surface area contributed by atoms with Crippen LogP contribution in [-0.4, -0.2) is 53.7 Å². The maximum atomic E-state index is 12.8. The van der Waals surface area contributed by atoms with Crippen molar-refractivity contribution in [2.75, 3.05) is 20.1 Å². The topological polar surface area (TPSA) is 40.6 Å². The van der Waals surface area contributed by atoms with Crippen LogP contribution in [0.2, 0.25) is 10.0 Å². The Hall–Kier alpha value is -1.10. The smallest absolute Gasteiger partial charge is 0.227 e. The van der Waals surface area contributed by atoms with E-state index >= 15 is 0 Å². The third kappa shape index (κ3) is 4.36. The molecular weight excluding hydrogens is 359 g/mol. The van der Waals surface area contributed by atoms with Gasteiger partial charge in [0.2, 0.25) is 5.91 Å². The molecule has 2 atom stereocenters. The fourth-order valence-corrected chi connectivity index (χ4v) is 4.32. The second kappa shape index (κ2) is 8.07. The van der Waals surface area contributed by atoms with Gasteiger partial charge in [-0.05, 0) is 50.0 Å². The third-order valence-electron chi connectivity index (χ3n) is 5.44. The van der Waals surface area contributed by atoms with E-state index in [0.29, 0.717) is 28.9 Å². The minimum Gasteiger partial charge on any atom is -0.340 e. The van der Waals surface area contributed by atoms with Gasteiger partial charge in [0.25, 0.3) is 0 Å². The molecule has 1 saturated heterocycles. The number of likely N-dealkylation sites (N-methyl/N-ethyl adjacent to an activating group) is 1. The summed E-state index contributed by atoms with van der Waals surface area (Å²) in [4.78, 5) is 29.0. The number of Topliss-reactive ketones (excluding diaryl/α,β-unsaturated/α-hetero) is 1. The molecule has 0 spiro atoms. The van der Waals surface area contributed by atoms with Crippen LogP contribution in [0, 0.1) is 0 Å². The standard InChI is InChI=1S/C19H24Cl2N2O2/c1-22(19(25)11-13-4-6-15(20)16(21)10-13)18-12-14(24)5-7-17(18)23-8-2-3-9-23/h4,6,10,17-18H,2-3,5,7-9,11-12H2,1H3/t17-,18-/m1/s1. The summed E-state index contributed by atoms with van der Waals surface area (Å²) in [5.74, 6) is 0.275. The van der Waals surface area contributed by atoms with Gasteiger partial charge in [-0.25, -0.2) is 0 Å². The number of benzene rings is 1. The highest BCUT2D eigenvalue weighted by atomic mass is 35.5. The lowest BCUT2D eigenvalue weighted by atomic mass is 9.87. The molecule has 3 rings (SSSR count). The Morgan fingerprint density at radius 2 is 1.96 bits per heavy atom. The normalized spacial score (nSPS) is 24.5. The van der Waals surface area contributed by atoms with E-state index in [1.165, 1.54) is 12.8 Å². The predicted molar refractivity (Wildman–Crippen MR) is 100 cm³/mol. The minimum absolute atomic E-state index is 0.0160. The zero-order chi connectivity index (χ0) is 18.0. The van der Waals surface area contributed by atoms with Gasteiger partial charge in [0, 0.05) is 25.9 Å². The van der Waals surface area contributed by atoms with Crippen molar-refractivity contribution in [1.82, 2.24) is 9.80 Å². The second-order valence-electron chi connectivity index (χ2n) is 7.09. The molecule has 1 aromatic carbocycles. The summed E-state index contributed by atoms with van der Waals surface area (Å²) < 4.78 is 0. The van der Waals surface area contributed by atoms with Gasteiger partial charge in [0.05, 0.1) is 22.5 Å². The van der Waals surface area contributed by atoms with Gasteiger partial charge in [-0.1, -0.05) is 29.3 Å². The molecule has 0 aromatic heterocycles. The summed E-state index contributed by atoms with van der Waals surface area (Å²) in [6.07, 6.45) is 4.63. The maximum absolute atomic E-state index is 12.8. The summed E-state index contributed by atoms with van der Waals surface area (Å²) in [6.45, 7) is 2.15. The summed E-state index contributed by atoms with van der Waals surface area (Å²) in [5, 5.41) is 0.940. The van der Waals surface area contributed by atoms with Gasteiger partial charge in [0.15, 0.2) is 0 Å². The largest absolute Gasteiger partial charge is 0.340 e. The highest BCUT2D eigenvalue weighted by Crippen LogP contribution is 2.28. The maximum Gasteiger partial charge on any atom is 0.227 e. The number of likely N-dealkylation sites (tertiary alicyclic amines) is 1. The zero-order valence-electron chi connectivity index (χ0n) is 14.5. The van der Waals surface area contributed by atoms with Gasteiger partial charge in [-0.3, -0.25) is 14.5 Å². The van der Waals surface area contributed by atoms with Crippen molar-refractivity contribution in [1.29, 1.82) is 0 Å². The van der Waals surface area contributed by atoms with Crippen LogP contribution in [0.4, 0.5) is 0 Å². The molecule has 1 saturated carbocycles. The quantitative estimate of drug-likeness (QED) is 0.798. The molecule has 6 heteroatoms. The van der Waals surface area contributed by atoms with E-state index in [0.717, 1.165) is 25.1 Å². The zero-order valence-corrected chi connectivity index (χ0v) is 16.0. The fourth-order valence-electron chi connectivity index (χ4n) is 4.00. The molecule has 2 aliphatic rings. The van der Waals surface area contributed by atoms with Crippen LogP contribution >= 0.6 is 23.2 Å². The average molecular weight is 383 g/mol. The Morgan fingerprint density at radius 1 is 1.24 bits per heavy atom. The van der Waals surface area contributed by atoms with E-state index in [1.54, 1.807) is 17.0 Å². The lowest BCUT2D eigenvalue weighted by Gasteiger charge is -2.42. The van der Waals surface area contributed by atoms with Crippen molar-refractivity contribution in [3.05, 3.63) is 33.8 Å². The van der Waals surface area contributed by atoms with Crippen LogP contribution in [-0.2, 0) is 16.0 Å². The highest BCUT2D eigenvalue weighted by Gasteiger charge is 2.38. The Labute approximate surface area is 159 Å². The number of carbonyl (C=O) groups excluding carboxylic acids is 2. The number of carbonyl (C=O) groups is 2. The van der Waals surface area contributed by atoms with E-state index in [2.05, 4.69) is 4.90 Å². The molecule has 1 heterocycles. The van der Waals surface area contributed by atoms with Gasteiger partial charge in [0.1, 0.15) is 5.78 Å². The number of nitrogens with zero attached hydrogens (tertiary/aromatic N) is 2. The van der Waals surface area contributed by atoms with Gasteiger partial charge >= 0.3 is 0 Å². The molecule has 4 nitrogen and oxygen atoms in total. The molecule has 0 unspecified atom stereocenters. The molecule has 25 heavy (non-hydrogen) atoms. The predicted octanol–water partition coefficient (Wildman–Crippen LogP) is 3.58. The number of hydrogen-bond donors (Lipinski definition) is 0. The van der Waals surface area contributed by atoms with E-state index in [1.807, 2.05) is 13.1 Å². The van der Waals surface area contributed by atoms with Gasteiger partial charge in [-0.2, -0.15) is 0 Å². The summed E-state index contributed by atoms with van der Waals surface area (Å²) in [6, 6.07) is 5.53. The lowest BCUT2D eigenvalue weighted by molar-refractivity contribution is -0.135. The SMILES string of the molecule is CN(C(=O)Cc1ccc(Cl)c(Cl)c1)[C@@H]1CC(=O)CC[C@H]1N1CCCC1. The number of amides is 1. The number of rotatable bonds is 4. The Bertz CT molecular complexity index is 659. The first-order valence-electron chi connectivity index (χ1n) is 8.91. The molecule has 136 valence electrons. The molecule has 1 aliphatic heterocycles. The first kappa shape index (κ1) is 18.7. The van der Waals surface area contributed by atoms with Crippen molar-refractivity contribution in [3.8, 4) is 0 Å². The molecule has 1 aromatic rings. The van der Waals surface area contributed by atoms with Crippen LogP contribution in [0.3, 0.4) is 0 Å². The average Bonchev–Trinajstić information content (AvgIpc) is 3.11. The van der Waals surface area contributed by atoms with Crippen LogP contribution in [0.25, 0.3) is 0 Å². The molecule has 1 amide bonds. The van der Waals surface area contributed by atoms with E-state index in [9.17, 15) is 9.59 Å². The van der Waals surface area contributed by atoms with Crippen molar-refractivity contribution < 1.29 is 9.59 Å². The molecule has 0 bridgehead atoms. The highest BCUT2D eigenvalue weighted by molar-refractivity contribution is 6.42. The van der Waals surface area contributed by atoms with Crippen molar-refractivity contribution in [3.63, 3.8) is 0 Å². The number of ketones is 1.